The summed E-state index contributed by atoms with van der Waals surface area (Å²) in [4.78, 5) is 11.7. The lowest BCUT2D eigenvalue weighted by Crippen LogP contribution is -2.25. The van der Waals surface area contributed by atoms with Gasteiger partial charge in [-0.05, 0) is 51.0 Å². The van der Waals surface area contributed by atoms with Crippen molar-refractivity contribution < 1.29 is 13.9 Å². The lowest BCUT2D eigenvalue weighted by Gasteiger charge is -2.08. The summed E-state index contributed by atoms with van der Waals surface area (Å²) in [7, 11) is 0. The molecule has 0 spiro atoms. The van der Waals surface area contributed by atoms with Crippen LogP contribution in [-0.4, -0.2) is 25.2 Å². The number of ether oxygens (including phenoxy) is 1. The van der Waals surface area contributed by atoms with Crippen molar-refractivity contribution in [3.63, 3.8) is 0 Å². The number of hydrogen-bond donors (Lipinski definition) is 1. The molecule has 1 amide bonds. The molecule has 3 nitrogen and oxygen atoms in total. The standard InChI is InChI=1S/C14H20FNO2/c1-10(2)18-8-4-7-16-14(17)12-5-6-13(15)11(3)9-12/h5-6,9-10H,4,7-8H2,1-3H3,(H,16,17). The Balaban J connectivity index is 2.34. The van der Waals surface area contributed by atoms with Crippen molar-refractivity contribution >= 4 is 5.91 Å². The largest absolute Gasteiger partial charge is 0.379 e. The van der Waals surface area contributed by atoms with E-state index in [9.17, 15) is 9.18 Å². The van der Waals surface area contributed by atoms with E-state index in [4.69, 9.17) is 4.74 Å². The fraction of sp³-hybridized carbons (Fsp3) is 0.500. The van der Waals surface area contributed by atoms with Gasteiger partial charge in [0.15, 0.2) is 0 Å². The third-order valence-corrected chi connectivity index (χ3v) is 2.48. The maximum atomic E-state index is 13.0. The first kappa shape index (κ1) is 14.6. The first-order chi connectivity index (χ1) is 8.50. The molecule has 0 heterocycles. The lowest BCUT2D eigenvalue weighted by atomic mass is 10.1. The second-order valence-corrected chi connectivity index (χ2v) is 4.49. The molecule has 0 atom stereocenters. The summed E-state index contributed by atoms with van der Waals surface area (Å²) in [6, 6.07) is 4.35. The van der Waals surface area contributed by atoms with Gasteiger partial charge in [0, 0.05) is 18.7 Å². The van der Waals surface area contributed by atoms with Gasteiger partial charge in [-0.2, -0.15) is 0 Å². The normalized spacial score (nSPS) is 10.7. The van der Waals surface area contributed by atoms with E-state index in [0.717, 1.165) is 6.42 Å². The van der Waals surface area contributed by atoms with Gasteiger partial charge in [0.05, 0.1) is 6.10 Å². The van der Waals surface area contributed by atoms with Crippen LogP contribution in [0.4, 0.5) is 4.39 Å². The summed E-state index contributed by atoms with van der Waals surface area (Å²) in [6.45, 7) is 6.77. The minimum atomic E-state index is -0.295. The second kappa shape index (κ2) is 7.11. The predicted molar refractivity (Wildman–Crippen MR) is 69.2 cm³/mol. The van der Waals surface area contributed by atoms with Crippen molar-refractivity contribution in [3.05, 3.63) is 35.1 Å². The molecule has 4 heteroatoms. The molecule has 0 aliphatic carbocycles. The second-order valence-electron chi connectivity index (χ2n) is 4.49. The van der Waals surface area contributed by atoms with Crippen molar-refractivity contribution in [2.24, 2.45) is 0 Å². The Morgan fingerprint density at radius 2 is 2.17 bits per heavy atom. The zero-order valence-corrected chi connectivity index (χ0v) is 11.1. The van der Waals surface area contributed by atoms with Gasteiger partial charge < -0.3 is 10.1 Å². The van der Waals surface area contributed by atoms with Crippen LogP contribution in [-0.2, 0) is 4.74 Å². The third-order valence-electron chi connectivity index (χ3n) is 2.48. The summed E-state index contributed by atoms with van der Waals surface area (Å²) >= 11 is 0. The molecule has 1 rings (SSSR count). The van der Waals surface area contributed by atoms with Crippen molar-refractivity contribution in [1.29, 1.82) is 0 Å². The van der Waals surface area contributed by atoms with Crippen molar-refractivity contribution in [3.8, 4) is 0 Å². The molecular weight excluding hydrogens is 233 g/mol. The SMILES string of the molecule is Cc1cc(C(=O)NCCCOC(C)C)ccc1F. The van der Waals surface area contributed by atoms with Crippen LogP contribution in [0.3, 0.4) is 0 Å². The molecule has 0 saturated heterocycles. The number of benzene rings is 1. The summed E-state index contributed by atoms with van der Waals surface area (Å²) in [5.74, 6) is -0.473. The molecule has 1 aromatic rings. The first-order valence-electron chi connectivity index (χ1n) is 6.16. The molecule has 0 unspecified atom stereocenters. The monoisotopic (exact) mass is 253 g/mol. The van der Waals surface area contributed by atoms with Gasteiger partial charge in [0.2, 0.25) is 0 Å². The number of carbonyl (C=O) groups excluding carboxylic acids is 1. The highest BCUT2D eigenvalue weighted by Crippen LogP contribution is 2.08. The third kappa shape index (κ3) is 4.84. The molecule has 0 fully saturated rings. The quantitative estimate of drug-likeness (QED) is 0.792. The van der Waals surface area contributed by atoms with Crippen LogP contribution in [0.15, 0.2) is 18.2 Å². The zero-order valence-electron chi connectivity index (χ0n) is 11.1. The molecule has 100 valence electrons. The fourth-order valence-electron chi connectivity index (χ4n) is 1.48. The maximum Gasteiger partial charge on any atom is 0.251 e. The molecule has 0 radical (unpaired) electrons. The van der Waals surface area contributed by atoms with E-state index in [0.29, 0.717) is 24.3 Å². The minimum absolute atomic E-state index is 0.178. The Kier molecular flexibility index (Phi) is 5.78. The van der Waals surface area contributed by atoms with Gasteiger partial charge in [-0.3, -0.25) is 4.79 Å². The van der Waals surface area contributed by atoms with E-state index in [-0.39, 0.29) is 17.8 Å². The predicted octanol–water partition coefficient (Wildman–Crippen LogP) is 2.68. The maximum absolute atomic E-state index is 13.0. The molecule has 1 N–H and O–H groups in total. The average molecular weight is 253 g/mol. The summed E-state index contributed by atoms with van der Waals surface area (Å²) in [5, 5.41) is 2.78. The number of rotatable bonds is 6. The summed E-state index contributed by atoms with van der Waals surface area (Å²) < 4.78 is 18.4. The van der Waals surface area contributed by atoms with Crippen LogP contribution < -0.4 is 5.32 Å². The number of nitrogens with one attached hydrogen (secondary N) is 1. The average Bonchev–Trinajstić information content (AvgIpc) is 2.31. The zero-order chi connectivity index (χ0) is 13.5. The number of aryl methyl sites for hydroxylation is 1. The Labute approximate surface area is 107 Å². The number of hydrogen-bond acceptors (Lipinski definition) is 2. The van der Waals surface area contributed by atoms with Gasteiger partial charge in [-0.15, -0.1) is 0 Å². The van der Waals surface area contributed by atoms with Crippen molar-refractivity contribution in [1.82, 2.24) is 5.32 Å². The first-order valence-corrected chi connectivity index (χ1v) is 6.16. The fourth-order valence-corrected chi connectivity index (χ4v) is 1.48. The Morgan fingerprint density at radius 1 is 1.44 bits per heavy atom. The summed E-state index contributed by atoms with van der Waals surface area (Å²) in [5.41, 5.74) is 0.962. The Morgan fingerprint density at radius 3 is 2.78 bits per heavy atom. The minimum Gasteiger partial charge on any atom is -0.379 e. The molecule has 0 bridgehead atoms. The number of amides is 1. The van der Waals surface area contributed by atoms with E-state index in [2.05, 4.69) is 5.32 Å². The molecular formula is C14H20FNO2. The molecule has 1 aromatic carbocycles. The van der Waals surface area contributed by atoms with Crippen molar-refractivity contribution in [2.45, 2.75) is 33.3 Å². The molecule has 0 saturated carbocycles. The van der Waals surface area contributed by atoms with Crippen LogP contribution in [0.1, 0.15) is 36.2 Å². The highest BCUT2D eigenvalue weighted by molar-refractivity contribution is 5.94. The van der Waals surface area contributed by atoms with Crippen LogP contribution >= 0.6 is 0 Å². The topological polar surface area (TPSA) is 38.3 Å². The van der Waals surface area contributed by atoms with E-state index in [1.165, 1.54) is 12.1 Å². The number of halogens is 1. The lowest BCUT2D eigenvalue weighted by molar-refractivity contribution is 0.0757. The molecule has 0 aromatic heterocycles. The van der Waals surface area contributed by atoms with Gasteiger partial charge in [-0.25, -0.2) is 4.39 Å². The van der Waals surface area contributed by atoms with Crippen LogP contribution in [0.25, 0.3) is 0 Å². The van der Waals surface area contributed by atoms with Gasteiger partial charge in [0.1, 0.15) is 5.82 Å². The van der Waals surface area contributed by atoms with Crippen molar-refractivity contribution in [2.75, 3.05) is 13.2 Å². The molecule has 18 heavy (non-hydrogen) atoms. The van der Waals surface area contributed by atoms with Gasteiger partial charge in [-0.1, -0.05) is 0 Å². The Hall–Kier alpha value is -1.42. The van der Waals surface area contributed by atoms with E-state index < -0.39 is 0 Å². The highest BCUT2D eigenvalue weighted by Gasteiger charge is 2.06. The van der Waals surface area contributed by atoms with Crippen LogP contribution in [0.5, 0.6) is 0 Å². The number of carbonyl (C=O) groups is 1. The van der Waals surface area contributed by atoms with Gasteiger partial charge in [0.25, 0.3) is 5.91 Å². The van der Waals surface area contributed by atoms with E-state index in [1.54, 1.807) is 13.0 Å². The van der Waals surface area contributed by atoms with Crippen LogP contribution in [0, 0.1) is 12.7 Å². The highest BCUT2D eigenvalue weighted by atomic mass is 19.1. The van der Waals surface area contributed by atoms with Crippen LogP contribution in [0.2, 0.25) is 0 Å². The van der Waals surface area contributed by atoms with E-state index in [1.807, 2.05) is 13.8 Å². The Bertz CT molecular complexity index is 405. The van der Waals surface area contributed by atoms with E-state index >= 15 is 0 Å². The van der Waals surface area contributed by atoms with Gasteiger partial charge >= 0.3 is 0 Å². The molecule has 0 aliphatic rings. The molecule has 0 aliphatic heterocycles. The smallest absolute Gasteiger partial charge is 0.251 e. The summed E-state index contributed by atoms with van der Waals surface area (Å²) in [6.07, 6.45) is 0.977.